The highest BCUT2D eigenvalue weighted by molar-refractivity contribution is 5.71. The van der Waals surface area contributed by atoms with E-state index in [4.69, 9.17) is 9.47 Å². The van der Waals surface area contributed by atoms with Crippen molar-refractivity contribution in [2.24, 2.45) is 0 Å². The molecular formula is C25H28N2O3. The molecule has 1 saturated heterocycles. The molecule has 156 valence electrons. The lowest BCUT2D eigenvalue weighted by atomic mass is 9.97. The molecule has 0 spiro atoms. The minimum atomic E-state index is -0.00282. The third kappa shape index (κ3) is 4.48. The molecule has 5 heteroatoms. The van der Waals surface area contributed by atoms with Crippen LogP contribution >= 0.6 is 0 Å². The van der Waals surface area contributed by atoms with Crippen LogP contribution in [0.5, 0.6) is 5.88 Å². The van der Waals surface area contributed by atoms with Gasteiger partial charge in [0, 0.05) is 43.6 Å². The van der Waals surface area contributed by atoms with E-state index in [9.17, 15) is 5.11 Å². The van der Waals surface area contributed by atoms with Crippen LogP contribution in [0.1, 0.15) is 23.1 Å². The SMILES string of the molecule is COCc1ccccc1-c1ccc(N2CC[C@H](Oc3ccc(C)cn3)C2)c(CO)c1. The largest absolute Gasteiger partial charge is 0.472 e. The summed E-state index contributed by atoms with van der Waals surface area (Å²) in [6, 6.07) is 18.5. The number of anilines is 1. The molecule has 5 nitrogen and oxygen atoms in total. The molecule has 0 unspecified atom stereocenters. The van der Waals surface area contributed by atoms with E-state index < -0.39 is 0 Å². The van der Waals surface area contributed by atoms with Crippen molar-refractivity contribution < 1.29 is 14.6 Å². The smallest absolute Gasteiger partial charge is 0.213 e. The van der Waals surface area contributed by atoms with Gasteiger partial charge < -0.3 is 19.5 Å². The molecule has 1 aliphatic rings. The molecule has 1 atom stereocenters. The molecule has 2 aromatic carbocycles. The topological polar surface area (TPSA) is 54.8 Å². The number of pyridine rings is 1. The Morgan fingerprint density at radius 2 is 1.97 bits per heavy atom. The summed E-state index contributed by atoms with van der Waals surface area (Å²) in [5.74, 6) is 0.667. The zero-order chi connectivity index (χ0) is 20.9. The van der Waals surface area contributed by atoms with Gasteiger partial charge in [-0.15, -0.1) is 0 Å². The van der Waals surface area contributed by atoms with Crippen LogP contribution in [-0.2, 0) is 18.0 Å². The third-order valence-corrected chi connectivity index (χ3v) is 5.54. The van der Waals surface area contributed by atoms with Gasteiger partial charge in [-0.3, -0.25) is 0 Å². The molecule has 1 aliphatic heterocycles. The van der Waals surface area contributed by atoms with E-state index in [1.807, 2.05) is 37.4 Å². The van der Waals surface area contributed by atoms with Crippen LogP contribution in [0.3, 0.4) is 0 Å². The van der Waals surface area contributed by atoms with Crippen molar-refractivity contribution in [2.75, 3.05) is 25.1 Å². The molecule has 30 heavy (non-hydrogen) atoms. The van der Waals surface area contributed by atoms with E-state index in [0.717, 1.165) is 53.0 Å². The molecule has 1 fully saturated rings. The maximum Gasteiger partial charge on any atom is 0.213 e. The highest BCUT2D eigenvalue weighted by Gasteiger charge is 2.26. The van der Waals surface area contributed by atoms with Gasteiger partial charge in [-0.25, -0.2) is 4.98 Å². The number of ether oxygens (including phenoxy) is 2. The van der Waals surface area contributed by atoms with Gasteiger partial charge in [0.05, 0.1) is 19.8 Å². The van der Waals surface area contributed by atoms with Gasteiger partial charge in [0.25, 0.3) is 0 Å². The summed E-state index contributed by atoms with van der Waals surface area (Å²) in [5, 5.41) is 10.1. The predicted molar refractivity (Wildman–Crippen MR) is 119 cm³/mol. The van der Waals surface area contributed by atoms with Crippen molar-refractivity contribution in [3.8, 4) is 17.0 Å². The van der Waals surface area contributed by atoms with E-state index in [1.165, 1.54) is 0 Å². The highest BCUT2D eigenvalue weighted by Crippen LogP contribution is 2.32. The van der Waals surface area contributed by atoms with Gasteiger partial charge in [0.2, 0.25) is 5.88 Å². The molecule has 2 heterocycles. The van der Waals surface area contributed by atoms with Gasteiger partial charge >= 0.3 is 0 Å². The van der Waals surface area contributed by atoms with Gasteiger partial charge in [-0.1, -0.05) is 36.4 Å². The quantitative estimate of drug-likeness (QED) is 0.634. The van der Waals surface area contributed by atoms with Crippen molar-refractivity contribution in [2.45, 2.75) is 32.7 Å². The standard InChI is InChI=1S/C25H28N2O3/c1-18-7-10-25(26-14-18)30-22-11-12-27(15-22)24-9-8-19(13-21(24)16-28)23-6-4-3-5-20(23)17-29-2/h3-10,13-14,22,28H,11-12,15-17H2,1-2H3/t22-/m0/s1. The molecule has 3 aromatic rings. The van der Waals surface area contributed by atoms with Crippen LogP contribution in [0.4, 0.5) is 5.69 Å². The van der Waals surface area contributed by atoms with Crippen molar-refractivity contribution >= 4 is 5.69 Å². The van der Waals surface area contributed by atoms with E-state index in [0.29, 0.717) is 12.5 Å². The molecule has 0 aliphatic carbocycles. The number of aliphatic hydroxyl groups excluding tert-OH is 1. The number of methoxy groups -OCH3 is 1. The Morgan fingerprint density at radius 3 is 2.73 bits per heavy atom. The number of aromatic nitrogens is 1. The van der Waals surface area contributed by atoms with Crippen LogP contribution < -0.4 is 9.64 Å². The van der Waals surface area contributed by atoms with Crippen molar-refractivity contribution in [1.29, 1.82) is 0 Å². The first-order valence-electron chi connectivity index (χ1n) is 10.3. The number of hydrogen-bond acceptors (Lipinski definition) is 5. The first-order chi connectivity index (χ1) is 14.7. The van der Waals surface area contributed by atoms with Crippen molar-refractivity contribution in [3.05, 3.63) is 77.5 Å². The minimum Gasteiger partial charge on any atom is -0.472 e. The number of aryl methyl sites for hydroxylation is 1. The summed E-state index contributed by atoms with van der Waals surface area (Å²) in [4.78, 5) is 6.64. The van der Waals surface area contributed by atoms with Crippen molar-refractivity contribution in [3.63, 3.8) is 0 Å². The van der Waals surface area contributed by atoms with Crippen LogP contribution in [0, 0.1) is 6.92 Å². The summed E-state index contributed by atoms with van der Waals surface area (Å²) in [5.41, 5.74) is 6.47. The fourth-order valence-corrected chi connectivity index (χ4v) is 4.01. The Morgan fingerprint density at radius 1 is 1.10 bits per heavy atom. The first-order valence-corrected chi connectivity index (χ1v) is 10.3. The predicted octanol–water partition coefficient (Wildman–Crippen LogP) is 4.35. The molecule has 0 saturated carbocycles. The average Bonchev–Trinajstić information content (AvgIpc) is 3.24. The monoisotopic (exact) mass is 404 g/mol. The molecule has 1 N–H and O–H groups in total. The van der Waals surface area contributed by atoms with E-state index in [-0.39, 0.29) is 12.7 Å². The van der Waals surface area contributed by atoms with E-state index in [1.54, 1.807) is 7.11 Å². The lowest BCUT2D eigenvalue weighted by Gasteiger charge is -2.22. The lowest BCUT2D eigenvalue weighted by molar-refractivity contribution is 0.185. The third-order valence-electron chi connectivity index (χ3n) is 5.54. The number of benzene rings is 2. The fraction of sp³-hybridized carbons (Fsp3) is 0.320. The van der Waals surface area contributed by atoms with Crippen LogP contribution in [-0.4, -0.2) is 36.4 Å². The second-order valence-corrected chi connectivity index (χ2v) is 7.74. The summed E-state index contributed by atoms with van der Waals surface area (Å²) >= 11 is 0. The van der Waals surface area contributed by atoms with Crippen LogP contribution in [0.15, 0.2) is 60.8 Å². The Labute approximate surface area is 177 Å². The summed E-state index contributed by atoms with van der Waals surface area (Å²) < 4.78 is 11.4. The minimum absolute atomic E-state index is 0.00282. The molecule has 1 aromatic heterocycles. The van der Waals surface area contributed by atoms with Gasteiger partial charge in [0.1, 0.15) is 6.10 Å². The molecular weight excluding hydrogens is 376 g/mol. The Kier molecular flexibility index (Phi) is 6.31. The number of hydrogen-bond donors (Lipinski definition) is 1. The summed E-state index contributed by atoms with van der Waals surface area (Å²) in [6.45, 7) is 4.24. The Balaban J connectivity index is 1.52. The van der Waals surface area contributed by atoms with Gasteiger partial charge in [-0.2, -0.15) is 0 Å². The molecule has 0 bridgehead atoms. The normalized spacial score (nSPS) is 16.1. The Hall–Kier alpha value is -2.89. The molecule has 4 rings (SSSR count). The zero-order valence-corrected chi connectivity index (χ0v) is 17.5. The first kappa shape index (κ1) is 20.4. The molecule has 0 radical (unpaired) electrons. The maximum atomic E-state index is 10.1. The fourth-order valence-electron chi connectivity index (χ4n) is 4.01. The van der Waals surface area contributed by atoms with Crippen LogP contribution in [0.2, 0.25) is 0 Å². The van der Waals surface area contributed by atoms with Crippen molar-refractivity contribution in [1.82, 2.24) is 4.98 Å². The molecule has 0 amide bonds. The van der Waals surface area contributed by atoms with Gasteiger partial charge in [-0.05, 0) is 41.3 Å². The number of nitrogens with zero attached hydrogens (tertiary/aromatic N) is 2. The van der Waals surface area contributed by atoms with E-state index in [2.05, 4.69) is 40.2 Å². The second-order valence-electron chi connectivity index (χ2n) is 7.74. The average molecular weight is 405 g/mol. The van der Waals surface area contributed by atoms with Gasteiger partial charge in [0.15, 0.2) is 0 Å². The highest BCUT2D eigenvalue weighted by atomic mass is 16.5. The Bertz CT molecular complexity index is 988. The maximum absolute atomic E-state index is 10.1. The number of rotatable bonds is 7. The summed E-state index contributed by atoms with van der Waals surface area (Å²) in [7, 11) is 1.71. The summed E-state index contributed by atoms with van der Waals surface area (Å²) in [6.07, 6.45) is 2.85. The lowest BCUT2D eigenvalue weighted by Crippen LogP contribution is -2.25. The van der Waals surface area contributed by atoms with E-state index >= 15 is 0 Å². The number of aliphatic hydroxyl groups is 1. The van der Waals surface area contributed by atoms with Crippen LogP contribution in [0.25, 0.3) is 11.1 Å². The second kappa shape index (κ2) is 9.28. The zero-order valence-electron chi connectivity index (χ0n) is 17.5.